The van der Waals surface area contributed by atoms with Crippen molar-refractivity contribution in [3.63, 3.8) is 0 Å². The predicted molar refractivity (Wildman–Crippen MR) is 106 cm³/mol. The van der Waals surface area contributed by atoms with Gasteiger partial charge in [0, 0.05) is 5.75 Å². The first kappa shape index (κ1) is 19.3. The average molecular weight is 404 g/mol. The number of anilines is 1. The zero-order valence-electron chi connectivity index (χ0n) is 14.6. The average Bonchev–Trinajstić information content (AvgIpc) is 3.13. The number of ether oxygens (including phenoxy) is 1. The smallest absolute Gasteiger partial charge is 0.264 e. The van der Waals surface area contributed by atoms with Gasteiger partial charge in [-0.3, -0.25) is 10.1 Å². The van der Waals surface area contributed by atoms with Gasteiger partial charge in [-0.05, 0) is 41.8 Å². The fourth-order valence-electron chi connectivity index (χ4n) is 2.20. The van der Waals surface area contributed by atoms with E-state index in [-0.39, 0.29) is 18.3 Å². The van der Waals surface area contributed by atoms with Gasteiger partial charge in [0.15, 0.2) is 10.9 Å². The van der Waals surface area contributed by atoms with Gasteiger partial charge in [-0.25, -0.2) is 4.39 Å². The Balaban J connectivity index is 1.46. The van der Waals surface area contributed by atoms with Crippen molar-refractivity contribution in [1.82, 2.24) is 10.2 Å². The molecule has 27 heavy (non-hydrogen) atoms. The van der Waals surface area contributed by atoms with E-state index in [4.69, 9.17) is 4.74 Å². The van der Waals surface area contributed by atoms with Crippen molar-refractivity contribution in [2.24, 2.45) is 0 Å². The molecule has 8 heteroatoms. The van der Waals surface area contributed by atoms with Gasteiger partial charge in [0.1, 0.15) is 11.6 Å². The number of carbonyl (C=O) groups is 1. The van der Waals surface area contributed by atoms with Crippen molar-refractivity contribution in [2.45, 2.75) is 23.4 Å². The van der Waals surface area contributed by atoms with Crippen LogP contribution >= 0.6 is 23.1 Å². The van der Waals surface area contributed by atoms with Crippen LogP contribution in [-0.2, 0) is 17.0 Å². The summed E-state index contributed by atoms with van der Waals surface area (Å²) >= 11 is 2.77. The summed E-state index contributed by atoms with van der Waals surface area (Å²) in [5, 5.41) is 11.1. The molecule has 3 aromatic rings. The maximum absolute atomic E-state index is 12.9. The van der Waals surface area contributed by atoms with E-state index < -0.39 is 0 Å². The largest absolute Gasteiger partial charge is 0.484 e. The van der Waals surface area contributed by atoms with Crippen LogP contribution in [0.2, 0.25) is 0 Å². The summed E-state index contributed by atoms with van der Waals surface area (Å²) in [6.07, 6.45) is 0.909. The summed E-state index contributed by atoms with van der Waals surface area (Å²) in [5.74, 6) is 0.772. The Labute approximate surface area is 165 Å². The number of aromatic nitrogens is 2. The number of carbonyl (C=O) groups excluding carboxylic acids is 1. The van der Waals surface area contributed by atoms with Crippen LogP contribution in [0.5, 0.6) is 5.75 Å². The lowest BCUT2D eigenvalue weighted by atomic mass is 10.2. The molecule has 0 saturated carbocycles. The first-order chi connectivity index (χ1) is 13.1. The minimum Gasteiger partial charge on any atom is -0.484 e. The fraction of sp³-hybridized carbons (Fsp3) is 0.211. The van der Waals surface area contributed by atoms with Gasteiger partial charge in [-0.2, -0.15) is 0 Å². The van der Waals surface area contributed by atoms with Crippen LogP contribution in [-0.4, -0.2) is 22.7 Å². The van der Waals surface area contributed by atoms with Crippen LogP contribution in [0, 0.1) is 5.82 Å². The number of thioether (sulfide) groups is 1. The molecule has 0 unspecified atom stereocenters. The number of aryl methyl sites for hydroxylation is 1. The van der Waals surface area contributed by atoms with Crippen LogP contribution in [0.25, 0.3) is 0 Å². The molecule has 0 bridgehead atoms. The number of hydrogen-bond donors (Lipinski definition) is 1. The van der Waals surface area contributed by atoms with Crippen LogP contribution < -0.4 is 10.1 Å². The predicted octanol–water partition coefficient (Wildman–Crippen LogP) is 4.55. The molecular weight excluding hydrogens is 385 g/mol. The third-order valence-corrected chi connectivity index (χ3v) is 5.65. The molecule has 5 nitrogen and oxygen atoms in total. The second kappa shape index (κ2) is 9.48. The molecule has 3 rings (SSSR count). The zero-order chi connectivity index (χ0) is 19.1. The zero-order valence-corrected chi connectivity index (χ0v) is 16.3. The van der Waals surface area contributed by atoms with Crippen molar-refractivity contribution < 1.29 is 13.9 Å². The lowest BCUT2D eigenvalue weighted by Crippen LogP contribution is -2.20. The molecule has 1 N–H and O–H groups in total. The third kappa shape index (κ3) is 6.04. The maximum atomic E-state index is 12.9. The van der Waals surface area contributed by atoms with E-state index in [2.05, 4.69) is 22.4 Å². The molecule has 0 fully saturated rings. The van der Waals surface area contributed by atoms with Crippen LogP contribution in [0.1, 0.15) is 18.1 Å². The van der Waals surface area contributed by atoms with Gasteiger partial charge < -0.3 is 4.74 Å². The summed E-state index contributed by atoms with van der Waals surface area (Å²) in [7, 11) is 0. The Morgan fingerprint density at radius 2 is 2.00 bits per heavy atom. The molecule has 0 spiro atoms. The minimum absolute atomic E-state index is 0.0925. The van der Waals surface area contributed by atoms with Gasteiger partial charge in [-0.15, -0.1) is 10.2 Å². The van der Waals surface area contributed by atoms with E-state index in [0.717, 1.165) is 21.9 Å². The van der Waals surface area contributed by atoms with E-state index in [0.29, 0.717) is 16.6 Å². The topological polar surface area (TPSA) is 64.1 Å². The second-order valence-corrected chi connectivity index (χ2v) is 7.83. The summed E-state index contributed by atoms with van der Waals surface area (Å²) in [6, 6.07) is 14.0. The van der Waals surface area contributed by atoms with E-state index >= 15 is 0 Å². The normalized spacial score (nSPS) is 10.6. The molecule has 0 aliphatic rings. The van der Waals surface area contributed by atoms with Crippen LogP contribution in [0.15, 0.2) is 52.9 Å². The molecule has 1 aromatic heterocycles. The molecular formula is C19H18FN3O2S2. The Hall–Kier alpha value is -2.45. The van der Waals surface area contributed by atoms with E-state index in [9.17, 15) is 9.18 Å². The van der Waals surface area contributed by atoms with Crippen LogP contribution in [0.4, 0.5) is 9.52 Å². The highest BCUT2D eigenvalue weighted by molar-refractivity contribution is 8.00. The first-order valence-corrected chi connectivity index (χ1v) is 10.1. The highest BCUT2D eigenvalue weighted by Crippen LogP contribution is 2.28. The maximum Gasteiger partial charge on any atom is 0.264 e. The fourth-order valence-corrected chi connectivity index (χ4v) is 3.93. The monoisotopic (exact) mass is 403 g/mol. The quantitative estimate of drug-likeness (QED) is 0.442. The van der Waals surface area contributed by atoms with Crippen LogP contribution in [0.3, 0.4) is 0 Å². The number of halogens is 1. The molecule has 2 aromatic carbocycles. The molecule has 0 saturated heterocycles. The number of nitrogens with one attached hydrogen (secondary N) is 1. The molecule has 0 atom stereocenters. The van der Waals surface area contributed by atoms with Crippen molar-refractivity contribution in [3.8, 4) is 5.75 Å². The lowest BCUT2D eigenvalue weighted by Gasteiger charge is -2.06. The van der Waals surface area contributed by atoms with Crippen molar-refractivity contribution in [1.29, 1.82) is 0 Å². The molecule has 0 aliphatic heterocycles. The summed E-state index contributed by atoms with van der Waals surface area (Å²) < 4.78 is 19.1. The van der Waals surface area contributed by atoms with E-state index in [1.165, 1.54) is 35.2 Å². The Morgan fingerprint density at radius 1 is 1.19 bits per heavy atom. The SMILES string of the molecule is CCc1cccc(OCC(=O)Nc2nnc(SCc3ccc(F)cc3)s2)c1. The van der Waals surface area contributed by atoms with Gasteiger partial charge in [0.2, 0.25) is 5.13 Å². The minimum atomic E-state index is -0.289. The summed E-state index contributed by atoms with van der Waals surface area (Å²) in [6.45, 7) is 1.97. The summed E-state index contributed by atoms with van der Waals surface area (Å²) in [4.78, 5) is 12.0. The highest BCUT2D eigenvalue weighted by atomic mass is 32.2. The number of benzene rings is 2. The van der Waals surface area contributed by atoms with E-state index in [1.807, 2.05) is 24.3 Å². The van der Waals surface area contributed by atoms with Crippen molar-refractivity contribution >= 4 is 34.1 Å². The van der Waals surface area contributed by atoms with E-state index in [1.54, 1.807) is 12.1 Å². The first-order valence-electron chi connectivity index (χ1n) is 8.34. The Bertz CT molecular complexity index is 900. The Morgan fingerprint density at radius 3 is 2.78 bits per heavy atom. The summed E-state index contributed by atoms with van der Waals surface area (Å²) in [5.41, 5.74) is 2.14. The van der Waals surface area contributed by atoms with Crippen molar-refractivity contribution in [3.05, 3.63) is 65.5 Å². The number of amides is 1. The molecule has 140 valence electrons. The van der Waals surface area contributed by atoms with Gasteiger partial charge in [0.25, 0.3) is 5.91 Å². The number of hydrogen-bond acceptors (Lipinski definition) is 6. The standard InChI is InChI=1S/C19H18FN3O2S2/c1-2-13-4-3-5-16(10-13)25-11-17(24)21-18-22-23-19(27-18)26-12-14-6-8-15(20)9-7-14/h3-10H,2,11-12H2,1H3,(H,21,22,24). The lowest BCUT2D eigenvalue weighted by molar-refractivity contribution is -0.118. The Kier molecular flexibility index (Phi) is 6.78. The molecule has 1 amide bonds. The molecule has 0 radical (unpaired) electrons. The highest BCUT2D eigenvalue weighted by Gasteiger charge is 2.10. The number of rotatable bonds is 8. The number of nitrogens with zero attached hydrogens (tertiary/aromatic N) is 2. The van der Waals surface area contributed by atoms with Gasteiger partial charge in [-0.1, -0.05) is 54.3 Å². The van der Waals surface area contributed by atoms with Gasteiger partial charge >= 0.3 is 0 Å². The van der Waals surface area contributed by atoms with Gasteiger partial charge in [0.05, 0.1) is 0 Å². The van der Waals surface area contributed by atoms with Crippen molar-refractivity contribution in [2.75, 3.05) is 11.9 Å². The molecule has 0 aliphatic carbocycles. The second-order valence-electron chi connectivity index (χ2n) is 5.63. The third-order valence-electron chi connectivity index (χ3n) is 3.61. The molecule has 1 heterocycles.